The van der Waals surface area contributed by atoms with Crippen molar-refractivity contribution in [3.05, 3.63) is 58.7 Å². The van der Waals surface area contributed by atoms with E-state index in [0.717, 1.165) is 17.5 Å². The Morgan fingerprint density at radius 3 is 2.62 bits per heavy atom. The van der Waals surface area contributed by atoms with E-state index < -0.39 is 21.3 Å². The molecule has 1 aliphatic rings. The molecule has 0 amide bonds. The third-order valence-corrected chi connectivity index (χ3v) is 8.46. The highest BCUT2D eigenvalue weighted by atomic mass is 32.2. The number of ether oxygens (including phenoxy) is 1. The number of aromatic nitrogens is 1. The van der Waals surface area contributed by atoms with Crippen LogP contribution in [-0.4, -0.2) is 42.4 Å². The van der Waals surface area contributed by atoms with Gasteiger partial charge >= 0.3 is 11.6 Å². The lowest BCUT2D eigenvalue weighted by Gasteiger charge is -2.47. The fraction of sp³-hybridized carbons (Fsp3) is 0.531. The maximum Gasteiger partial charge on any atom is 0.344 e. The molecule has 2 aromatic heterocycles. The van der Waals surface area contributed by atoms with Crippen LogP contribution < -0.4 is 15.1 Å². The SMILES string of the molecule is CC1CC(C)(C)N(CCCC(=O)OC(C)(C)C)c2cc3oc(=O)c(-c4ccc[n+](CCCCS(=O)(=O)O)c4)cc3cc21. The minimum absolute atomic E-state index is 0.146. The molecule has 42 heavy (non-hydrogen) atoms. The molecule has 0 aliphatic carbocycles. The number of fused-ring (bicyclic) bond motifs is 2. The van der Waals surface area contributed by atoms with E-state index in [2.05, 4.69) is 31.7 Å². The van der Waals surface area contributed by atoms with Crippen molar-refractivity contribution < 1.29 is 31.5 Å². The summed E-state index contributed by atoms with van der Waals surface area (Å²) >= 11 is 0. The normalized spacial score (nSPS) is 16.8. The molecule has 0 saturated carbocycles. The van der Waals surface area contributed by atoms with Gasteiger partial charge in [-0.05, 0) is 83.6 Å². The summed E-state index contributed by atoms with van der Waals surface area (Å²) in [5.74, 6) is -0.190. The lowest BCUT2D eigenvalue weighted by atomic mass is 9.79. The second-order valence-electron chi connectivity index (χ2n) is 13.0. The van der Waals surface area contributed by atoms with Gasteiger partial charge in [0, 0.05) is 48.1 Å². The fourth-order valence-corrected chi connectivity index (χ4v) is 6.46. The van der Waals surface area contributed by atoms with Crippen molar-refractivity contribution >= 4 is 32.7 Å². The smallest absolute Gasteiger partial charge is 0.344 e. The molecule has 3 heterocycles. The van der Waals surface area contributed by atoms with E-state index in [-0.39, 0.29) is 17.3 Å². The van der Waals surface area contributed by atoms with Crippen molar-refractivity contribution in [1.82, 2.24) is 0 Å². The molecule has 10 heteroatoms. The van der Waals surface area contributed by atoms with Crippen LogP contribution in [0.2, 0.25) is 0 Å². The van der Waals surface area contributed by atoms with Gasteiger partial charge in [0.1, 0.15) is 17.7 Å². The molecule has 1 unspecified atom stereocenters. The molecular weight excluding hydrogens is 556 g/mol. The number of hydrogen-bond acceptors (Lipinski definition) is 7. The minimum Gasteiger partial charge on any atom is -0.460 e. The monoisotopic (exact) mass is 599 g/mol. The standard InChI is InChI=1S/C32H42N2O7S/c1-22-20-32(5,6)34(15-10-12-29(35)41-31(2,3)4)27-19-28-24(17-25(22)27)18-26(30(36)40-28)23-11-9-14-33(21-23)13-7-8-16-42(37,38)39/h9,11,14,17-19,21-22H,7-8,10,12-13,15-16,20H2,1-6H3/p+1. The molecule has 0 radical (unpaired) electrons. The molecule has 228 valence electrons. The van der Waals surface area contributed by atoms with Crippen molar-refractivity contribution in [3.63, 3.8) is 0 Å². The number of rotatable bonds is 10. The summed E-state index contributed by atoms with van der Waals surface area (Å²) in [5.41, 5.74) is 2.78. The second-order valence-corrected chi connectivity index (χ2v) is 14.6. The summed E-state index contributed by atoms with van der Waals surface area (Å²) in [4.78, 5) is 27.8. The first-order valence-electron chi connectivity index (χ1n) is 14.6. The lowest BCUT2D eigenvalue weighted by molar-refractivity contribution is -0.696. The van der Waals surface area contributed by atoms with Gasteiger partial charge in [0.2, 0.25) is 0 Å². The molecule has 0 bridgehead atoms. The number of carbonyl (C=O) groups is 1. The van der Waals surface area contributed by atoms with Crippen LogP contribution in [0.4, 0.5) is 5.69 Å². The van der Waals surface area contributed by atoms with Crippen LogP contribution in [-0.2, 0) is 26.2 Å². The van der Waals surface area contributed by atoms with E-state index in [1.54, 1.807) is 0 Å². The number of unbranched alkanes of at least 4 members (excludes halogenated alkanes) is 1. The molecule has 0 spiro atoms. The molecule has 1 aromatic carbocycles. The van der Waals surface area contributed by atoms with Gasteiger partial charge in [-0.1, -0.05) is 6.92 Å². The van der Waals surface area contributed by atoms with E-state index in [9.17, 15) is 18.0 Å². The first-order valence-corrected chi connectivity index (χ1v) is 16.2. The van der Waals surface area contributed by atoms with E-state index in [0.29, 0.717) is 61.4 Å². The van der Waals surface area contributed by atoms with Gasteiger partial charge in [0.15, 0.2) is 12.4 Å². The van der Waals surface area contributed by atoms with Crippen LogP contribution >= 0.6 is 0 Å². The van der Waals surface area contributed by atoms with Gasteiger partial charge in [-0.15, -0.1) is 0 Å². The number of benzene rings is 1. The summed E-state index contributed by atoms with van der Waals surface area (Å²) in [5, 5.41) is 0.840. The van der Waals surface area contributed by atoms with E-state index in [1.807, 2.05) is 62.0 Å². The van der Waals surface area contributed by atoms with E-state index in [1.165, 1.54) is 5.56 Å². The van der Waals surface area contributed by atoms with Gasteiger partial charge in [-0.2, -0.15) is 8.42 Å². The number of esters is 1. The highest BCUT2D eigenvalue weighted by Gasteiger charge is 2.36. The van der Waals surface area contributed by atoms with Crippen LogP contribution in [0, 0.1) is 0 Å². The summed E-state index contributed by atoms with van der Waals surface area (Å²) in [7, 11) is -3.98. The van der Waals surface area contributed by atoms with Crippen molar-refractivity contribution in [1.29, 1.82) is 0 Å². The average molecular weight is 600 g/mol. The number of nitrogens with zero attached hydrogens (tertiary/aromatic N) is 2. The molecule has 3 aromatic rings. The molecular formula is C32H43N2O7S+. The van der Waals surface area contributed by atoms with Crippen LogP contribution in [0.3, 0.4) is 0 Å². The second kappa shape index (κ2) is 12.2. The van der Waals surface area contributed by atoms with E-state index >= 15 is 0 Å². The van der Waals surface area contributed by atoms with Crippen molar-refractivity contribution in [2.45, 2.75) is 97.2 Å². The van der Waals surface area contributed by atoms with Crippen LogP contribution in [0.25, 0.3) is 22.1 Å². The molecule has 4 rings (SSSR count). The van der Waals surface area contributed by atoms with Crippen LogP contribution in [0.5, 0.6) is 0 Å². The van der Waals surface area contributed by atoms with Crippen LogP contribution in [0.1, 0.15) is 85.1 Å². The summed E-state index contributed by atoms with van der Waals surface area (Å²) in [6, 6.07) is 9.64. The Balaban J connectivity index is 1.60. The van der Waals surface area contributed by atoms with Gasteiger partial charge in [-0.25, -0.2) is 9.36 Å². The Hall–Kier alpha value is -3.24. The molecule has 0 fully saturated rings. The zero-order valence-corrected chi connectivity index (χ0v) is 26.3. The molecule has 0 saturated heterocycles. The number of carbonyl (C=O) groups excluding carboxylic acids is 1. The molecule has 1 N–H and O–H groups in total. The zero-order chi connectivity index (χ0) is 30.9. The summed E-state index contributed by atoms with van der Waals surface area (Å²) in [6.07, 6.45) is 6.53. The van der Waals surface area contributed by atoms with Crippen molar-refractivity contribution in [2.24, 2.45) is 0 Å². The minimum atomic E-state index is -3.98. The number of hydrogen-bond donors (Lipinski definition) is 1. The average Bonchev–Trinajstić information content (AvgIpc) is 2.85. The predicted octanol–water partition coefficient (Wildman–Crippen LogP) is 5.63. The van der Waals surface area contributed by atoms with Crippen molar-refractivity contribution in [2.75, 3.05) is 17.2 Å². The predicted molar refractivity (Wildman–Crippen MR) is 163 cm³/mol. The van der Waals surface area contributed by atoms with Crippen molar-refractivity contribution in [3.8, 4) is 11.1 Å². The number of pyridine rings is 1. The molecule has 1 atom stereocenters. The number of aryl methyl sites for hydroxylation is 1. The highest BCUT2D eigenvalue weighted by molar-refractivity contribution is 7.85. The quantitative estimate of drug-likeness (QED) is 0.105. The Bertz CT molecular complexity index is 1620. The largest absolute Gasteiger partial charge is 0.460 e. The summed E-state index contributed by atoms with van der Waals surface area (Å²) < 4.78 is 44.2. The zero-order valence-electron chi connectivity index (χ0n) is 25.5. The Kier molecular flexibility index (Phi) is 9.18. The van der Waals surface area contributed by atoms with Gasteiger partial charge in [0.05, 0.1) is 16.9 Å². The van der Waals surface area contributed by atoms with Crippen LogP contribution in [0.15, 0.2) is 51.9 Å². The Morgan fingerprint density at radius 1 is 1.19 bits per heavy atom. The molecule has 1 aliphatic heterocycles. The fourth-order valence-electron chi connectivity index (χ4n) is 5.90. The molecule has 9 nitrogen and oxygen atoms in total. The van der Waals surface area contributed by atoms with Gasteiger partial charge in [0.25, 0.3) is 10.1 Å². The van der Waals surface area contributed by atoms with Gasteiger partial charge in [-0.3, -0.25) is 9.35 Å². The summed E-state index contributed by atoms with van der Waals surface area (Å²) in [6.45, 7) is 13.5. The van der Waals surface area contributed by atoms with E-state index in [4.69, 9.17) is 13.7 Å². The van der Waals surface area contributed by atoms with Gasteiger partial charge < -0.3 is 14.1 Å². The Morgan fingerprint density at radius 2 is 1.93 bits per heavy atom. The lowest BCUT2D eigenvalue weighted by Crippen LogP contribution is -2.48. The third kappa shape index (κ3) is 7.98. The maximum atomic E-state index is 13.2. The third-order valence-electron chi connectivity index (χ3n) is 7.66. The highest BCUT2D eigenvalue weighted by Crippen LogP contribution is 2.45. The Labute approximate surface area is 248 Å². The first-order chi connectivity index (χ1) is 19.5. The maximum absolute atomic E-state index is 13.2. The first kappa shape index (κ1) is 31.7. The topological polar surface area (TPSA) is 118 Å². The number of anilines is 1.